The van der Waals surface area contributed by atoms with Gasteiger partial charge in [0.1, 0.15) is 11.6 Å². The molecule has 1 saturated carbocycles. The maximum atomic E-state index is 13.4. The summed E-state index contributed by atoms with van der Waals surface area (Å²) in [5, 5.41) is 0.529. The van der Waals surface area contributed by atoms with Gasteiger partial charge in [-0.15, -0.1) is 0 Å². The molecule has 2 aliphatic rings. The van der Waals surface area contributed by atoms with Crippen LogP contribution in [0.3, 0.4) is 0 Å². The number of hydrogen-bond donors (Lipinski definition) is 0. The number of benzene rings is 1. The highest BCUT2D eigenvalue weighted by molar-refractivity contribution is 6.32. The molecule has 1 aromatic rings. The fraction of sp³-hybridized carbons (Fsp3) is 0.400. The molecule has 1 aliphatic carbocycles. The van der Waals surface area contributed by atoms with Gasteiger partial charge in [0, 0.05) is 11.5 Å². The molecule has 1 heterocycles. The lowest BCUT2D eigenvalue weighted by molar-refractivity contribution is 0.276. The molecule has 0 unspecified atom stereocenters. The molecule has 0 saturated heterocycles. The summed E-state index contributed by atoms with van der Waals surface area (Å²) in [6.07, 6.45) is 1.05. The topological polar surface area (TPSA) is 9.23 Å². The molecule has 3 heteroatoms. The Morgan fingerprint density at radius 3 is 3.15 bits per heavy atom. The van der Waals surface area contributed by atoms with Crippen LogP contribution in [0.15, 0.2) is 12.1 Å². The van der Waals surface area contributed by atoms with Gasteiger partial charge in [0.2, 0.25) is 0 Å². The van der Waals surface area contributed by atoms with Crippen LogP contribution in [-0.4, -0.2) is 6.61 Å². The number of fused-ring (bicyclic) bond motifs is 3. The molecule has 0 N–H and O–H groups in total. The first-order valence-corrected chi connectivity index (χ1v) is 4.76. The van der Waals surface area contributed by atoms with E-state index < -0.39 is 0 Å². The van der Waals surface area contributed by atoms with Gasteiger partial charge in [-0.3, -0.25) is 0 Å². The summed E-state index contributed by atoms with van der Waals surface area (Å²) in [4.78, 5) is 0. The summed E-state index contributed by atoms with van der Waals surface area (Å²) >= 11 is 5.91. The van der Waals surface area contributed by atoms with Crippen LogP contribution in [0.2, 0.25) is 5.02 Å². The smallest absolute Gasteiger partial charge is 0.144 e. The first-order chi connectivity index (χ1) is 6.27. The van der Waals surface area contributed by atoms with E-state index in [1.165, 1.54) is 6.07 Å². The molecule has 0 amide bonds. The van der Waals surface area contributed by atoms with Crippen LogP contribution in [0, 0.1) is 11.7 Å². The Kier molecular flexibility index (Phi) is 1.40. The van der Waals surface area contributed by atoms with Crippen LogP contribution in [0.25, 0.3) is 0 Å². The molecule has 13 heavy (non-hydrogen) atoms. The predicted octanol–water partition coefficient (Wildman–Crippen LogP) is 2.98. The molecule has 0 aromatic heterocycles. The summed E-state index contributed by atoms with van der Waals surface area (Å²) < 4.78 is 18.8. The standard InChI is InChI=1S/C10H8ClFO/c11-7-1-2-8(12)9-6-3-5(6)4-13-10(7)9/h1-2,5-6H,3-4H2/t5-,6-/m0/s1. The third kappa shape index (κ3) is 0.983. The molecule has 2 atom stereocenters. The third-order valence-electron chi connectivity index (χ3n) is 2.83. The Morgan fingerprint density at radius 1 is 1.46 bits per heavy atom. The van der Waals surface area contributed by atoms with E-state index in [2.05, 4.69) is 0 Å². The van der Waals surface area contributed by atoms with Crippen LogP contribution in [0.5, 0.6) is 5.75 Å². The van der Waals surface area contributed by atoms with Gasteiger partial charge in [-0.2, -0.15) is 0 Å². The van der Waals surface area contributed by atoms with Crippen molar-refractivity contribution >= 4 is 11.6 Å². The quantitative estimate of drug-likeness (QED) is 0.623. The summed E-state index contributed by atoms with van der Waals surface area (Å²) in [5.74, 6) is 1.29. The zero-order valence-electron chi connectivity index (χ0n) is 6.89. The highest BCUT2D eigenvalue weighted by atomic mass is 35.5. The zero-order valence-corrected chi connectivity index (χ0v) is 7.64. The SMILES string of the molecule is Fc1ccc(Cl)c2c1[C@H]1C[C@H]1CO2. The molecule has 1 nitrogen and oxygen atoms in total. The molecule has 0 bridgehead atoms. The summed E-state index contributed by atoms with van der Waals surface area (Å²) in [6.45, 7) is 0.695. The van der Waals surface area contributed by atoms with Gasteiger partial charge in [-0.1, -0.05) is 11.6 Å². The Bertz CT molecular complexity index is 377. The van der Waals surface area contributed by atoms with E-state index in [4.69, 9.17) is 16.3 Å². The van der Waals surface area contributed by atoms with Gasteiger partial charge in [-0.05, 0) is 24.5 Å². The van der Waals surface area contributed by atoms with E-state index in [9.17, 15) is 4.39 Å². The Hall–Kier alpha value is -0.760. The van der Waals surface area contributed by atoms with Crippen molar-refractivity contribution < 1.29 is 9.13 Å². The first-order valence-electron chi connectivity index (χ1n) is 4.38. The van der Waals surface area contributed by atoms with Gasteiger partial charge in [0.15, 0.2) is 0 Å². The van der Waals surface area contributed by atoms with Crippen LogP contribution >= 0.6 is 11.6 Å². The average Bonchev–Trinajstić information content (AvgIpc) is 2.89. The second kappa shape index (κ2) is 2.38. The van der Waals surface area contributed by atoms with Gasteiger partial charge >= 0.3 is 0 Å². The van der Waals surface area contributed by atoms with Crippen molar-refractivity contribution in [2.24, 2.45) is 5.92 Å². The van der Waals surface area contributed by atoms with E-state index in [0.29, 0.717) is 34.8 Å². The Balaban J connectivity index is 2.22. The third-order valence-corrected chi connectivity index (χ3v) is 3.13. The fourth-order valence-corrected chi connectivity index (χ4v) is 2.24. The van der Waals surface area contributed by atoms with Crippen molar-refractivity contribution in [3.63, 3.8) is 0 Å². The zero-order chi connectivity index (χ0) is 9.00. The van der Waals surface area contributed by atoms with E-state index in [-0.39, 0.29) is 5.82 Å². The Labute approximate surface area is 80.5 Å². The monoisotopic (exact) mass is 198 g/mol. The van der Waals surface area contributed by atoms with Crippen molar-refractivity contribution in [3.05, 3.63) is 28.5 Å². The number of hydrogen-bond acceptors (Lipinski definition) is 1. The van der Waals surface area contributed by atoms with Gasteiger partial charge in [0.05, 0.1) is 11.6 Å². The molecular weight excluding hydrogens is 191 g/mol. The fourth-order valence-electron chi connectivity index (χ4n) is 2.02. The molecular formula is C10H8ClFO. The summed E-state index contributed by atoms with van der Waals surface area (Å²) in [5.41, 5.74) is 0.698. The molecule has 3 rings (SSSR count). The van der Waals surface area contributed by atoms with Gasteiger partial charge < -0.3 is 4.74 Å². The minimum Gasteiger partial charge on any atom is -0.491 e. The maximum Gasteiger partial charge on any atom is 0.144 e. The van der Waals surface area contributed by atoms with Crippen LogP contribution < -0.4 is 4.74 Å². The number of ether oxygens (including phenoxy) is 1. The van der Waals surface area contributed by atoms with E-state index in [1.807, 2.05) is 0 Å². The van der Waals surface area contributed by atoms with E-state index in [1.54, 1.807) is 6.07 Å². The van der Waals surface area contributed by atoms with Crippen molar-refractivity contribution in [1.82, 2.24) is 0 Å². The minimum absolute atomic E-state index is 0.174. The van der Waals surface area contributed by atoms with Crippen LogP contribution in [0.4, 0.5) is 4.39 Å². The minimum atomic E-state index is -0.174. The van der Waals surface area contributed by atoms with Crippen molar-refractivity contribution in [1.29, 1.82) is 0 Å². The van der Waals surface area contributed by atoms with Crippen molar-refractivity contribution in [3.8, 4) is 5.75 Å². The lowest BCUT2D eigenvalue weighted by atomic mass is 10.1. The lowest BCUT2D eigenvalue weighted by Crippen LogP contribution is -2.10. The largest absolute Gasteiger partial charge is 0.491 e. The lowest BCUT2D eigenvalue weighted by Gasteiger charge is -2.18. The van der Waals surface area contributed by atoms with Gasteiger partial charge in [-0.25, -0.2) is 4.39 Å². The predicted molar refractivity (Wildman–Crippen MR) is 47.8 cm³/mol. The van der Waals surface area contributed by atoms with Crippen molar-refractivity contribution in [2.45, 2.75) is 12.3 Å². The number of rotatable bonds is 0. The van der Waals surface area contributed by atoms with E-state index in [0.717, 1.165) is 6.42 Å². The van der Waals surface area contributed by atoms with Gasteiger partial charge in [0.25, 0.3) is 0 Å². The average molecular weight is 199 g/mol. The van der Waals surface area contributed by atoms with Crippen LogP contribution in [-0.2, 0) is 0 Å². The normalized spacial score (nSPS) is 28.8. The molecule has 68 valence electrons. The summed E-state index contributed by atoms with van der Waals surface area (Å²) in [6, 6.07) is 2.98. The highest BCUT2D eigenvalue weighted by Gasteiger charge is 2.46. The molecule has 0 radical (unpaired) electrons. The summed E-state index contributed by atoms with van der Waals surface area (Å²) in [7, 11) is 0. The second-order valence-corrected chi connectivity index (χ2v) is 4.09. The van der Waals surface area contributed by atoms with Crippen LogP contribution in [0.1, 0.15) is 17.9 Å². The Morgan fingerprint density at radius 2 is 2.31 bits per heavy atom. The molecule has 1 aromatic carbocycles. The number of halogens is 2. The molecule has 1 aliphatic heterocycles. The maximum absolute atomic E-state index is 13.4. The first kappa shape index (κ1) is 7.63. The molecule has 0 spiro atoms. The second-order valence-electron chi connectivity index (χ2n) is 3.69. The highest BCUT2D eigenvalue weighted by Crippen LogP contribution is 2.55. The van der Waals surface area contributed by atoms with E-state index >= 15 is 0 Å². The van der Waals surface area contributed by atoms with Crippen molar-refractivity contribution in [2.75, 3.05) is 6.61 Å². The molecule has 1 fully saturated rings.